The lowest BCUT2D eigenvalue weighted by Gasteiger charge is -2.71. The highest BCUT2D eigenvalue weighted by molar-refractivity contribution is 5.78. The normalized spacial score (nSPS) is 50.4. The minimum Gasteiger partial charge on any atom is -0.469 e. The van der Waals surface area contributed by atoms with Gasteiger partial charge < -0.3 is 9.47 Å². The smallest absolute Gasteiger partial charge is 0.312 e. The molecule has 208 valence electrons. The van der Waals surface area contributed by atoms with E-state index in [0.717, 1.165) is 44.9 Å². The Labute approximate surface area is 225 Å². The fraction of sp³-hybridized carbons (Fsp3) is 0.879. The van der Waals surface area contributed by atoms with Gasteiger partial charge in [0.05, 0.1) is 12.5 Å². The van der Waals surface area contributed by atoms with Crippen LogP contribution in [-0.2, 0) is 19.1 Å². The zero-order valence-electron chi connectivity index (χ0n) is 25.0. The summed E-state index contributed by atoms with van der Waals surface area (Å²) in [4.78, 5) is 25.4. The van der Waals surface area contributed by atoms with E-state index < -0.39 is 0 Å². The first-order valence-corrected chi connectivity index (χ1v) is 15.2. The third-order valence-corrected chi connectivity index (χ3v) is 13.8. The summed E-state index contributed by atoms with van der Waals surface area (Å²) >= 11 is 0. The zero-order chi connectivity index (χ0) is 27.2. The summed E-state index contributed by atoms with van der Waals surface area (Å²) < 4.78 is 11.4. The Bertz CT molecular complexity index is 996. The molecular formula is C33H52O4. The van der Waals surface area contributed by atoms with E-state index in [9.17, 15) is 9.59 Å². The molecule has 0 saturated heterocycles. The van der Waals surface area contributed by atoms with Gasteiger partial charge in [-0.3, -0.25) is 9.59 Å². The van der Waals surface area contributed by atoms with Gasteiger partial charge in [-0.15, -0.1) is 0 Å². The molecule has 0 aromatic rings. The van der Waals surface area contributed by atoms with Crippen LogP contribution in [0.25, 0.3) is 0 Å². The zero-order valence-corrected chi connectivity index (χ0v) is 25.0. The molecule has 4 nitrogen and oxygen atoms in total. The Hall–Kier alpha value is -1.32. The van der Waals surface area contributed by atoms with Gasteiger partial charge >= 0.3 is 11.9 Å². The third-order valence-electron chi connectivity index (χ3n) is 13.8. The van der Waals surface area contributed by atoms with E-state index in [1.807, 2.05) is 0 Å². The summed E-state index contributed by atoms with van der Waals surface area (Å²) in [5, 5.41) is 0. The summed E-state index contributed by atoms with van der Waals surface area (Å²) in [6.45, 7) is 18.8. The molecule has 4 heteroatoms. The van der Waals surface area contributed by atoms with Gasteiger partial charge in [0.2, 0.25) is 0 Å². The van der Waals surface area contributed by atoms with E-state index in [1.165, 1.54) is 12.8 Å². The second-order valence-corrected chi connectivity index (χ2v) is 15.3. The summed E-state index contributed by atoms with van der Waals surface area (Å²) in [7, 11) is 1.59. The van der Waals surface area contributed by atoms with Crippen molar-refractivity contribution in [1.82, 2.24) is 0 Å². The van der Waals surface area contributed by atoms with Crippen molar-refractivity contribution in [1.29, 1.82) is 0 Å². The summed E-state index contributed by atoms with van der Waals surface area (Å²) in [6, 6.07) is 0. The molecule has 0 aromatic carbocycles. The van der Waals surface area contributed by atoms with Crippen molar-refractivity contribution in [3.8, 4) is 0 Å². The van der Waals surface area contributed by atoms with Crippen LogP contribution >= 0.6 is 0 Å². The third kappa shape index (κ3) is 3.45. The summed E-state index contributed by atoms with van der Waals surface area (Å²) in [5.41, 5.74) is 1.76. The number of carbonyl (C=O) groups is 2. The van der Waals surface area contributed by atoms with Crippen molar-refractivity contribution in [3.05, 3.63) is 11.6 Å². The van der Waals surface area contributed by atoms with Gasteiger partial charge in [0, 0.05) is 12.3 Å². The lowest BCUT2D eigenvalue weighted by molar-refractivity contribution is -0.214. The van der Waals surface area contributed by atoms with E-state index in [0.29, 0.717) is 29.6 Å². The standard InChI is InChI=1S/C33H52O4/c1-20-12-17-33(28(35)36-9)19-18-31(7)23(27(33)21(20)2)10-11-25-30(6)15-14-26(37-22(3)34)29(4,5)24(30)13-16-32(25,31)8/h10,20-21,24-27H,11-19H2,1-9H3/t20-,21-,24-,25+,26-,27+,30-,31+,32+,33+/m0/s1. The molecule has 0 amide bonds. The number of carbonyl (C=O) groups excluding carboxylic acids is 2. The topological polar surface area (TPSA) is 52.6 Å². The molecule has 5 aliphatic carbocycles. The number of hydrogen-bond acceptors (Lipinski definition) is 4. The molecule has 0 aromatic heterocycles. The lowest BCUT2D eigenvalue weighted by atomic mass is 9.33. The summed E-state index contributed by atoms with van der Waals surface area (Å²) in [5.74, 6) is 2.45. The van der Waals surface area contributed by atoms with Crippen LogP contribution < -0.4 is 0 Å². The molecule has 4 fully saturated rings. The average molecular weight is 513 g/mol. The Morgan fingerprint density at radius 2 is 1.59 bits per heavy atom. The molecule has 0 bridgehead atoms. The van der Waals surface area contributed by atoms with Crippen molar-refractivity contribution in [2.24, 2.45) is 56.7 Å². The van der Waals surface area contributed by atoms with Gasteiger partial charge in [-0.1, -0.05) is 60.1 Å². The van der Waals surface area contributed by atoms with Crippen molar-refractivity contribution in [2.75, 3.05) is 7.11 Å². The van der Waals surface area contributed by atoms with E-state index in [2.05, 4.69) is 54.5 Å². The highest BCUT2D eigenvalue weighted by atomic mass is 16.5. The van der Waals surface area contributed by atoms with Gasteiger partial charge in [0.25, 0.3) is 0 Å². The van der Waals surface area contributed by atoms with E-state index in [-0.39, 0.29) is 45.1 Å². The number of fused-ring (bicyclic) bond motifs is 7. The van der Waals surface area contributed by atoms with Gasteiger partial charge in [-0.25, -0.2) is 0 Å². The molecule has 37 heavy (non-hydrogen) atoms. The number of ether oxygens (including phenoxy) is 2. The lowest BCUT2D eigenvalue weighted by Crippen LogP contribution is -2.65. The number of allylic oxidation sites excluding steroid dienone is 2. The van der Waals surface area contributed by atoms with Crippen molar-refractivity contribution in [2.45, 2.75) is 119 Å². The molecule has 0 spiro atoms. The molecule has 0 heterocycles. The number of hydrogen-bond donors (Lipinski definition) is 0. The highest BCUT2D eigenvalue weighted by Crippen LogP contribution is 2.76. The average Bonchev–Trinajstić information content (AvgIpc) is 2.83. The predicted octanol–water partition coefficient (Wildman–Crippen LogP) is 7.75. The first-order chi connectivity index (χ1) is 17.2. The van der Waals surface area contributed by atoms with E-state index in [1.54, 1.807) is 19.6 Å². The molecular weight excluding hydrogens is 460 g/mol. The molecule has 0 N–H and O–H groups in total. The van der Waals surface area contributed by atoms with Crippen LogP contribution in [0, 0.1) is 56.7 Å². The minimum absolute atomic E-state index is 0.0117. The Balaban J connectivity index is 1.57. The van der Waals surface area contributed by atoms with Crippen LogP contribution in [-0.4, -0.2) is 25.2 Å². The Morgan fingerprint density at radius 3 is 2.24 bits per heavy atom. The molecule has 0 unspecified atom stereocenters. The van der Waals surface area contributed by atoms with Crippen LogP contribution in [0.5, 0.6) is 0 Å². The van der Waals surface area contributed by atoms with E-state index >= 15 is 0 Å². The molecule has 4 saturated carbocycles. The fourth-order valence-corrected chi connectivity index (χ4v) is 11.4. The number of rotatable bonds is 2. The van der Waals surface area contributed by atoms with Crippen LogP contribution in [0.4, 0.5) is 0 Å². The second-order valence-electron chi connectivity index (χ2n) is 15.3. The van der Waals surface area contributed by atoms with Gasteiger partial charge in [-0.2, -0.15) is 0 Å². The molecule has 10 atom stereocenters. The summed E-state index contributed by atoms with van der Waals surface area (Å²) in [6.07, 6.45) is 12.4. The maximum atomic E-state index is 13.4. The maximum absolute atomic E-state index is 13.4. The predicted molar refractivity (Wildman–Crippen MR) is 147 cm³/mol. The number of esters is 2. The SMILES string of the molecule is COC(=O)[C@@]12CC[C@H](C)[C@H](C)[C@@H]1C1=CC[C@@H]3[C@@]4(C)CC[C@H](OC(C)=O)C(C)(C)[C@@H]4CC[C@@]3(C)[C@]1(C)CC2. The Morgan fingerprint density at radius 1 is 0.892 bits per heavy atom. The van der Waals surface area contributed by atoms with Crippen molar-refractivity contribution < 1.29 is 19.1 Å². The highest BCUT2D eigenvalue weighted by Gasteiger charge is 2.69. The quantitative estimate of drug-likeness (QED) is 0.280. The Kier molecular flexibility index (Phi) is 6.33. The van der Waals surface area contributed by atoms with Gasteiger partial charge in [-0.05, 0) is 104 Å². The van der Waals surface area contributed by atoms with Crippen LogP contribution in [0.3, 0.4) is 0 Å². The van der Waals surface area contributed by atoms with Gasteiger partial charge in [0.1, 0.15) is 6.10 Å². The first kappa shape index (κ1) is 27.3. The number of methoxy groups -OCH3 is 1. The largest absolute Gasteiger partial charge is 0.469 e. The molecule has 5 rings (SSSR count). The van der Waals surface area contributed by atoms with Gasteiger partial charge in [0.15, 0.2) is 0 Å². The fourth-order valence-electron chi connectivity index (χ4n) is 11.4. The van der Waals surface area contributed by atoms with Crippen LogP contribution in [0.1, 0.15) is 113 Å². The van der Waals surface area contributed by atoms with Crippen LogP contribution in [0.15, 0.2) is 11.6 Å². The van der Waals surface area contributed by atoms with E-state index in [4.69, 9.17) is 9.47 Å². The minimum atomic E-state index is -0.347. The molecule has 5 aliphatic rings. The monoisotopic (exact) mass is 512 g/mol. The van der Waals surface area contributed by atoms with Crippen molar-refractivity contribution in [3.63, 3.8) is 0 Å². The molecule has 0 aliphatic heterocycles. The van der Waals surface area contributed by atoms with Crippen LogP contribution in [0.2, 0.25) is 0 Å². The second kappa shape index (κ2) is 8.59. The molecule has 0 radical (unpaired) electrons. The van der Waals surface area contributed by atoms with Crippen molar-refractivity contribution >= 4 is 11.9 Å². The maximum Gasteiger partial charge on any atom is 0.312 e. The first-order valence-electron chi connectivity index (χ1n) is 15.2.